The number of rotatable bonds is 6. The lowest BCUT2D eigenvalue weighted by molar-refractivity contribution is 0.431. The molecular formula is C26H23BN6. The zero-order chi connectivity index (χ0) is 22.8. The highest BCUT2D eigenvalue weighted by atomic mass is 15.1. The van der Waals surface area contributed by atoms with Crippen molar-refractivity contribution in [3.05, 3.63) is 95.7 Å². The summed E-state index contributed by atoms with van der Waals surface area (Å²) in [5, 5.41) is 0. The lowest BCUT2D eigenvalue weighted by Crippen LogP contribution is -2.20. The standard InChI is InChI=1S/C26H23BN6/c1-17-6-3-4-8-20(17)15-33(27)16-24-31-25(26(32-24)22-9-5-7-18(2)30-22)19-10-11-21-23(14-19)29-13-12-28-21/h3-14H,15-16H2,1-2H3,(H,31,32). The predicted octanol–water partition coefficient (Wildman–Crippen LogP) is 4.78. The average molecular weight is 430 g/mol. The zero-order valence-electron chi connectivity index (χ0n) is 18.7. The van der Waals surface area contributed by atoms with Crippen LogP contribution in [0.25, 0.3) is 33.7 Å². The minimum absolute atomic E-state index is 0.473. The van der Waals surface area contributed by atoms with Gasteiger partial charge in [0, 0.05) is 36.7 Å². The molecule has 2 aromatic carbocycles. The molecule has 160 valence electrons. The van der Waals surface area contributed by atoms with Gasteiger partial charge in [-0.25, -0.2) is 4.98 Å². The molecule has 5 rings (SSSR count). The maximum absolute atomic E-state index is 6.38. The number of hydrogen-bond acceptors (Lipinski definition) is 5. The van der Waals surface area contributed by atoms with Gasteiger partial charge < -0.3 is 9.79 Å². The molecule has 33 heavy (non-hydrogen) atoms. The molecule has 7 heteroatoms. The van der Waals surface area contributed by atoms with E-state index in [1.165, 1.54) is 11.1 Å². The van der Waals surface area contributed by atoms with Gasteiger partial charge in [-0.3, -0.25) is 15.0 Å². The Hall–Kier alpha value is -3.84. The Morgan fingerprint density at radius 3 is 2.48 bits per heavy atom. The number of aromatic amines is 1. The molecule has 0 aliphatic rings. The Labute approximate surface area is 194 Å². The first kappa shape index (κ1) is 21.0. The number of nitrogens with zero attached hydrogens (tertiary/aromatic N) is 5. The molecule has 3 heterocycles. The van der Waals surface area contributed by atoms with Crippen molar-refractivity contribution >= 4 is 19.0 Å². The van der Waals surface area contributed by atoms with Crippen LogP contribution >= 0.6 is 0 Å². The largest absolute Gasteiger partial charge is 0.344 e. The Morgan fingerprint density at radius 2 is 1.67 bits per heavy atom. The van der Waals surface area contributed by atoms with Crippen LogP contribution in [-0.4, -0.2) is 37.7 Å². The van der Waals surface area contributed by atoms with E-state index in [4.69, 9.17) is 17.9 Å². The zero-order valence-corrected chi connectivity index (χ0v) is 18.7. The molecule has 5 aromatic rings. The fraction of sp³-hybridized carbons (Fsp3) is 0.154. The van der Waals surface area contributed by atoms with Gasteiger partial charge in [0.1, 0.15) is 5.82 Å². The van der Waals surface area contributed by atoms with Crippen LogP contribution < -0.4 is 0 Å². The van der Waals surface area contributed by atoms with Gasteiger partial charge in [0.05, 0.1) is 28.1 Å². The van der Waals surface area contributed by atoms with Gasteiger partial charge in [-0.2, -0.15) is 0 Å². The number of hydrogen-bond donors (Lipinski definition) is 1. The number of fused-ring (bicyclic) bond motifs is 1. The number of aryl methyl sites for hydroxylation is 2. The minimum atomic E-state index is 0.473. The summed E-state index contributed by atoms with van der Waals surface area (Å²) in [6.07, 6.45) is 3.39. The van der Waals surface area contributed by atoms with E-state index in [0.717, 1.165) is 45.2 Å². The number of aromatic nitrogens is 5. The molecule has 3 aromatic heterocycles. The summed E-state index contributed by atoms with van der Waals surface area (Å²) in [5.74, 6) is 0.777. The maximum Gasteiger partial charge on any atom is 0.183 e. The second-order valence-corrected chi connectivity index (χ2v) is 8.16. The van der Waals surface area contributed by atoms with Gasteiger partial charge in [0.2, 0.25) is 0 Å². The van der Waals surface area contributed by atoms with Crippen molar-refractivity contribution in [2.45, 2.75) is 26.9 Å². The number of imidazole rings is 1. The van der Waals surface area contributed by atoms with Crippen molar-refractivity contribution < 1.29 is 0 Å². The molecule has 1 N–H and O–H groups in total. The van der Waals surface area contributed by atoms with Crippen LogP contribution in [0.2, 0.25) is 0 Å². The predicted molar refractivity (Wildman–Crippen MR) is 131 cm³/mol. The van der Waals surface area contributed by atoms with Gasteiger partial charge in [0.15, 0.2) is 7.98 Å². The Kier molecular flexibility index (Phi) is 5.71. The molecule has 0 unspecified atom stereocenters. The van der Waals surface area contributed by atoms with Crippen molar-refractivity contribution in [2.75, 3.05) is 0 Å². The lowest BCUT2D eigenvalue weighted by atomic mass is 10.1. The highest BCUT2D eigenvalue weighted by molar-refractivity contribution is 6.04. The Morgan fingerprint density at radius 1 is 0.848 bits per heavy atom. The van der Waals surface area contributed by atoms with Gasteiger partial charge >= 0.3 is 0 Å². The fourth-order valence-corrected chi connectivity index (χ4v) is 3.94. The molecule has 0 aliphatic heterocycles. The van der Waals surface area contributed by atoms with E-state index in [1.54, 1.807) is 17.2 Å². The fourth-order valence-electron chi connectivity index (χ4n) is 3.94. The van der Waals surface area contributed by atoms with E-state index in [0.29, 0.717) is 13.1 Å². The minimum Gasteiger partial charge on any atom is -0.344 e. The number of benzene rings is 2. The van der Waals surface area contributed by atoms with E-state index in [1.807, 2.05) is 55.5 Å². The molecule has 0 saturated carbocycles. The molecule has 0 atom stereocenters. The third-order valence-electron chi connectivity index (χ3n) is 5.63. The van der Waals surface area contributed by atoms with E-state index >= 15 is 0 Å². The van der Waals surface area contributed by atoms with E-state index in [-0.39, 0.29) is 0 Å². The molecule has 0 saturated heterocycles. The van der Waals surface area contributed by atoms with Crippen molar-refractivity contribution in [1.82, 2.24) is 29.7 Å². The van der Waals surface area contributed by atoms with Crippen molar-refractivity contribution in [1.29, 1.82) is 0 Å². The van der Waals surface area contributed by atoms with Crippen LogP contribution in [0.5, 0.6) is 0 Å². The summed E-state index contributed by atoms with van der Waals surface area (Å²) < 4.78 is 0. The van der Waals surface area contributed by atoms with Crippen LogP contribution in [0.4, 0.5) is 0 Å². The SMILES string of the molecule is [B]N(Cc1nc(-c2ccc3nccnc3c2)c(-c2cccc(C)n2)[nH]1)Cc1ccccc1C. The van der Waals surface area contributed by atoms with Crippen LogP contribution in [-0.2, 0) is 13.1 Å². The van der Waals surface area contributed by atoms with Crippen molar-refractivity contribution in [3.63, 3.8) is 0 Å². The van der Waals surface area contributed by atoms with Crippen LogP contribution in [0.15, 0.2) is 73.1 Å². The van der Waals surface area contributed by atoms with Gasteiger partial charge in [0.25, 0.3) is 0 Å². The van der Waals surface area contributed by atoms with E-state index < -0.39 is 0 Å². The quantitative estimate of drug-likeness (QED) is 0.393. The van der Waals surface area contributed by atoms with Crippen LogP contribution in [0, 0.1) is 13.8 Å². The van der Waals surface area contributed by atoms with Crippen LogP contribution in [0.1, 0.15) is 22.6 Å². The summed E-state index contributed by atoms with van der Waals surface area (Å²) in [6, 6.07) is 20.2. The highest BCUT2D eigenvalue weighted by Gasteiger charge is 2.17. The van der Waals surface area contributed by atoms with Gasteiger partial charge in [-0.1, -0.05) is 36.4 Å². The van der Waals surface area contributed by atoms with Crippen molar-refractivity contribution in [3.8, 4) is 22.6 Å². The summed E-state index contributed by atoms with van der Waals surface area (Å²) in [5.41, 5.74) is 8.49. The normalized spacial score (nSPS) is 11.4. The third kappa shape index (κ3) is 4.54. The summed E-state index contributed by atoms with van der Waals surface area (Å²) in [7, 11) is 6.38. The molecule has 2 radical (unpaired) electrons. The smallest absolute Gasteiger partial charge is 0.183 e. The van der Waals surface area contributed by atoms with E-state index in [2.05, 4.69) is 34.0 Å². The second kappa shape index (κ2) is 8.96. The Balaban J connectivity index is 1.52. The maximum atomic E-state index is 6.38. The van der Waals surface area contributed by atoms with Crippen molar-refractivity contribution in [2.24, 2.45) is 0 Å². The number of H-pyrrole nitrogens is 1. The summed E-state index contributed by atoms with van der Waals surface area (Å²) in [6.45, 7) is 5.18. The average Bonchev–Trinajstić information content (AvgIpc) is 3.24. The number of pyridine rings is 1. The molecule has 6 nitrogen and oxygen atoms in total. The molecule has 0 bridgehead atoms. The second-order valence-electron chi connectivity index (χ2n) is 8.16. The first-order chi connectivity index (χ1) is 16.1. The molecule has 0 aliphatic carbocycles. The lowest BCUT2D eigenvalue weighted by Gasteiger charge is -2.17. The molecule has 0 fully saturated rings. The third-order valence-corrected chi connectivity index (χ3v) is 5.63. The van der Waals surface area contributed by atoms with E-state index in [9.17, 15) is 0 Å². The summed E-state index contributed by atoms with van der Waals surface area (Å²) >= 11 is 0. The monoisotopic (exact) mass is 430 g/mol. The van der Waals surface area contributed by atoms with Crippen LogP contribution in [0.3, 0.4) is 0 Å². The highest BCUT2D eigenvalue weighted by Crippen LogP contribution is 2.31. The summed E-state index contributed by atoms with van der Waals surface area (Å²) in [4.78, 5) is 23.7. The van der Waals surface area contributed by atoms with Gasteiger partial charge in [-0.05, 0) is 49.2 Å². The first-order valence-corrected chi connectivity index (χ1v) is 10.8. The molecular weight excluding hydrogens is 407 g/mol. The molecule has 0 spiro atoms. The number of nitrogens with one attached hydrogen (secondary N) is 1. The Bertz CT molecular complexity index is 1430. The topological polar surface area (TPSA) is 70.6 Å². The first-order valence-electron chi connectivity index (χ1n) is 10.8. The molecule has 0 amide bonds. The van der Waals surface area contributed by atoms with Gasteiger partial charge in [-0.15, -0.1) is 0 Å².